The first-order valence-electron chi connectivity index (χ1n) is 3.41. The van der Waals surface area contributed by atoms with Crippen molar-refractivity contribution in [1.82, 2.24) is 0 Å². The lowest BCUT2D eigenvalue weighted by molar-refractivity contribution is -0.387. The van der Waals surface area contributed by atoms with Gasteiger partial charge < -0.3 is 5.11 Å². The number of rotatable bonds is 2. The maximum absolute atomic E-state index is 13.1. The van der Waals surface area contributed by atoms with Crippen LogP contribution in [0.25, 0.3) is 0 Å². The molecule has 1 aromatic rings. The van der Waals surface area contributed by atoms with E-state index in [1.54, 1.807) is 0 Å². The smallest absolute Gasteiger partial charge is 0.342 e. The summed E-state index contributed by atoms with van der Waals surface area (Å²) in [6.45, 7) is 0. The molecule has 8 heteroatoms. The Morgan fingerprint density at radius 1 is 1.47 bits per heavy atom. The molecule has 0 aliphatic rings. The summed E-state index contributed by atoms with van der Waals surface area (Å²) in [6.07, 6.45) is 0. The number of hydrogen-bond donors (Lipinski definition) is 1. The summed E-state index contributed by atoms with van der Waals surface area (Å²) >= 11 is 5.17. The van der Waals surface area contributed by atoms with E-state index < -0.39 is 38.8 Å². The summed E-state index contributed by atoms with van der Waals surface area (Å²) < 4.78 is 26.1. The highest BCUT2D eigenvalue weighted by molar-refractivity contribution is 6.31. The van der Waals surface area contributed by atoms with Crippen molar-refractivity contribution in [2.45, 2.75) is 0 Å². The molecule has 1 aromatic carbocycles. The minimum atomic E-state index is -1.96. The molecule has 0 bridgehead atoms. The van der Waals surface area contributed by atoms with Crippen LogP contribution in [-0.4, -0.2) is 16.0 Å². The van der Waals surface area contributed by atoms with Gasteiger partial charge in [0, 0.05) is 6.07 Å². The first-order chi connectivity index (χ1) is 6.86. The number of benzene rings is 1. The predicted molar refractivity (Wildman–Crippen MR) is 45.0 cm³/mol. The highest BCUT2D eigenvalue weighted by atomic mass is 35.5. The number of aromatic carboxylic acids is 1. The SMILES string of the molecule is O=C(O)c1c(F)c(Cl)cc([N+](=O)[O-])c1F. The number of nitro groups is 1. The standard InChI is InChI=1S/C7H2ClF2NO4/c8-2-1-3(11(14)15)6(10)4(5(2)9)7(12)13/h1H,(H,12,13). The average molecular weight is 238 g/mol. The van der Waals surface area contributed by atoms with Crippen LogP contribution >= 0.6 is 11.6 Å². The quantitative estimate of drug-likeness (QED) is 0.486. The molecule has 0 aliphatic carbocycles. The molecule has 0 atom stereocenters. The molecule has 0 heterocycles. The molecular weight excluding hydrogens is 236 g/mol. The Kier molecular flexibility index (Phi) is 2.85. The zero-order valence-corrected chi connectivity index (χ0v) is 7.59. The molecule has 15 heavy (non-hydrogen) atoms. The fraction of sp³-hybridized carbons (Fsp3) is 0. The van der Waals surface area contributed by atoms with Gasteiger partial charge in [0.2, 0.25) is 5.82 Å². The molecule has 0 saturated carbocycles. The molecule has 5 nitrogen and oxygen atoms in total. The summed E-state index contributed by atoms with van der Waals surface area (Å²) in [5.74, 6) is -5.25. The van der Waals surface area contributed by atoms with E-state index in [4.69, 9.17) is 16.7 Å². The first-order valence-corrected chi connectivity index (χ1v) is 3.79. The van der Waals surface area contributed by atoms with Crippen LogP contribution in [0, 0.1) is 21.7 Å². The van der Waals surface area contributed by atoms with Gasteiger partial charge >= 0.3 is 11.7 Å². The predicted octanol–water partition coefficient (Wildman–Crippen LogP) is 2.22. The van der Waals surface area contributed by atoms with Gasteiger partial charge in [-0.05, 0) is 0 Å². The van der Waals surface area contributed by atoms with Crippen LogP contribution in [0.5, 0.6) is 0 Å². The minimum absolute atomic E-state index is 0.415. The lowest BCUT2D eigenvalue weighted by Crippen LogP contribution is -2.08. The number of carbonyl (C=O) groups is 1. The van der Waals surface area contributed by atoms with E-state index in [0.29, 0.717) is 6.07 Å². The number of hydrogen-bond acceptors (Lipinski definition) is 3. The Labute approximate surface area is 86.0 Å². The largest absolute Gasteiger partial charge is 0.477 e. The van der Waals surface area contributed by atoms with Crippen molar-refractivity contribution in [2.24, 2.45) is 0 Å². The van der Waals surface area contributed by atoms with Crippen molar-refractivity contribution in [2.75, 3.05) is 0 Å². The minimum Gasteiger partial charge on any atom is -0.477 e. The van der Waals surface area contributed by atoms with Gasteiger partial charge in [-0.3, -0.25) is 10.1 Å². The van der Waals surface area contributed by atoms with Crippen LogP contribution in [0.4, 0.5) is 14.5 Å². The second-order valence-corrected chi connectivity index (χ2v) is 2.85. The fourth-order valence-electron chi connectivity index (χ4n) is 0.911. The van der Waals surface area contributed by atoms with Crippen LogP contribution in [-0.2, 0) is 0 Å². The Morgan fingerprint density at radius 2 is 2.00 bits per heavy atom. The molecule has 0 aromatic heterocycles. The van der Waals surface area contributed by atoms with E-state index in [-0.39, 0.29) is 0 Å². The lowest BCUT2D eigenvalue weighted by atomic mass is 10.1. The third kappa shape index (κ3) is 1.86. The topological polar surface area (TPSA) is 80.4 Å². The number of carboxylic acids is 1. The highest BCUT2D eigenvalue weighted by Gasteiger charge is 2.28. The number of carboxylic acid groups (broad SMARTS) is 1. The molecule has 0 fully saturated rings. The summed E-state index contributed by atoms with van der Waals surface area (Å²) in [4.78, 5) is 19.5. The van der Waals surface area contributed by atoms with E-state index >= 15 is 0 Å². The monoisotopic (exact) mass is 237 g/mol. The molecule has 0 aliphatic heterocycles. The Morgan fingerprint density at radius 3 is 2.40 bits per heavy atom. The van der Waals surface area contributed by atoms with Crippen LogP contribution < -0.4 is 0 Å². The van der Waals surface area contributed by atoms with Crippen LogP contribution in [0.2, 0.25) is 5.02 Å². The highest BCUT2D eigenvalue weighted by Crippen LogP contribution is 2.29. The summed E-state index contributed by atoms with van der Waals surface area (Å²) in [7, 11) is 0. The number of halogens is 3. The van der Waals surface area contributed by atoms with Crippen LogP contribution in [0.3, 0.4) is 0 Å². The molecule has 80 valence electrons. The molecule has 1 rings (SSSR count). The third-order valence-electron chi connectivity index (χ3n) is 1.55. The van der Waals surface area contributed by atoms with Gasteiger partial charge in [0.05, 0.1) is 9.95 Å². The molecule has 1 N–H and O–H groups in total. The molecule has 0 spiro atoms. The van der Waals surface area contributed by atoms with E-state index in [9.17, 15) is 23.7 Å². The second-order valence-electron chi connectivity index (χ2n) is 2.44. The molecular formula is C7H2ClF2NO4. The third-order valence-corrected chi connectivity index (χ3v) is 1.82. The van der Waals surface area contributed by atoms with Gasteiger partial charge in [0.15, 0.2) is 5.82 Å². The van der Waals surface area contributed by atoms with Crippen molar-refractivity contribution < 1.29 is 23.6 Å². The number of nitro benzene ring substituents is 1. The molecule has 0 saturated heterocycles. The van der Waals surface area contributed by atoms with Crippen molar-refractivity contribution >= 4 is 23.3 Å². The second kappa shape index (κ2) is 3.77. The van der Waals surface area contributed by atoms with Gasteiger partial charge in [-0.2, -0.15) is 4.39 Å². The molecule has 0 radical (unpaired) electrons. The van der Waals surface area contributed by atoms with Crippen molar-refractivity contribution in [3.63, 3.8) is 0 Å². The zero-order chi connectivity index (χ0) is 11.7. The first kappa shape index (κ1) is 11.3. The van der Waals surface area contributed by atoms with Crippen molar-refractivity contribution in [3.8, 4) is 0 Å². The normalized spacial score (nSPS) is 10.1. The summed E-state index contributed by atoms with van der Waals surface area (Å²) in [5, 5.41) is 17.8. The molecule has 0 unspecified atom stereocenters. The Balaban J connectivity index is 3.63. The Bertz CT molecular complexity index is 463. The van der Waals surface area contributed by atoms with Crippen molar-refractivity contribution in [3.05, 3.63) is 38.4 Å². The molecule has 0 amide bonds. The zero-order valence-electron chi connectivity index (χ0n) is 6.83. The average Bonchev–Trinajstić information content (AvgIpc) is 2.10. The van der Waals surface area contributed by atoms with E-state index in [1.807, 2.05) is 0 Å². The van der Waals surface area contributed by atoms with Crippen LogP contribution in [0.15, 0.2) is 6.07 Å². The summed E-state index contributed by atoms with van der Waals surface area (Å²) in [6, 6.07) is 0.415. The Hall–Kier alpha value is -1.76. The van der Waals surface area contributed by atoms with Crippen molar-refractivity contribution in [1.29, 1.82) is 0 Å². The van der Waals surface area contributed by atoms with Gasteiger partial charge in [-0.1, -0.05) is 11.6 Å². The van der Waals surface area contributed by atoms with E-state index in [2.05, 4.69) is 0 Å². The van der Waals surface area contributed by atoms with Gasteiger partial charge in [0.25, 0.3) is 0 Å². The van der Waals surface area contributed by atoms with Gasteiger partial charge in [-0.25, -0.2) is 9.18 Å². The summed E-state index contributed by atoms with van der Waals surface area (Å²) in [5.41, 5.74) is -2.62. The van der Waals surface area contributed by atoms with Gasteiger partial charge in [-0.15, -0.1) is 0 Å². The van der Waals surface area contributed by atoms with E-state index in [1.165, 1.54) is 0 Å². The lowest BCUT2D eigenvalue weighted by Gasteiger charge is -2.02. The maximum Gasteiger partial charge on any atom is 0.342 e. The van der Waals surface area contributed by atoms with E-state index in [0.717, 1.165) is 0 Å². The number of nitrogens with zero attached hydrogens (tertiary/aromatic N) is 1. The fourth-order valence-corrected chi connectivity index (χ4v) is 1.11. The maximum atomic E-state index is 13.1. The van der Waals surface area contributed by atoms with Crippen LogP contribution in [0.1, 0.15) is 10.4 Å². The van der Waals surface area contributed by atoms with Gasteiger partial charge in [0.1, 0.15) is 5.56 Å².